The number of rotatable bonds is 12. The molecule has 3 aromatic carbocycles. The molecule has 1 aromatic heterocycles. The summed E-state index contributed by atoms with van der Waals surface area (Å²) < 4.78 is 18.0. The predicted octanol–water partition coefficient (Wildman–Crippen LogP) is 4.93. The lowest BCUT2D eigenvalue weighted by molar-refractivity contribution is 0.102. The minimum Gasteiger partial charge on any atom is -0.493 e. The number of methoxy groups -OCH3 is 1. The maximum Gasteiger partial charge on any atom is 0.262 e. The largest absolute Gasteiger partial charge is 0.493 e. The number of carbonyl (C=O) groups is 1. The lowest BCUT2D eigenvalue weighted by Gasteiger charge is -2.32. The molecule has 2 aliphatic rings. The van der Waals surface area contributed by atoms with Gasteiger partial charge in [-0.25, -0.2) is 4.98 Å². The molecule has 1 amide bonds. The molecule has 6 rings (SSSR count). The van der Waals surface area contributed by atoms with Gasteiger partial charge in [0.15, 0.2) is 11.5 Å². The van der Waals surface area contributed by atoms with E-state index in [2.05, 4.69) is 47.7 Å². The quantitative estimate of drug-likeness (QED) is 0.191. The van der Waals surface area contributed by atoms with Crippen LogP contribution in [0, 0.1) is 13.8 Å². The number of hydrogen-bond acceptors (Lipinski definition) is 11. The molecule has 0 bridgehead atoms. The summed E-state index contributed by atoms with van der Waals surface area (Å²) >= 11 is 0. The molecule has 0 atom stereocenters. The number of ether oxygens (including phenoxy) is 3. The first-order chi connectivity index (χ1) is 23.9. The van der Waals surface area contributed by atoms with Gasteiger partial charge in [-0.2, -0.15) is 4.98 Å². The van der Waals surface area contributed by atoms with E-state index >= 15 is 0 Å². The van der Waals surface area contributed by atoms with Gasteiger partial charge in [0, 0.05) is 88.2 Å². The number of likely N-dealkylation sites (N-methyl/N-ethyl adjacent to an activating group) is 1. The molecule has 12 nitrogen and oxygen atoms in total. The first-order valence-electron chi connectivity index (χ1n) is 16.8. The third-order valence-corrected chi connectivity index (χ3v) is 8.93. The Bertz CT molecular complexity index is 1700. The molecule has 2 aliphatic heterocycles. The van der Waals surface area contributed by atoms with Gasteiger partial charge in [0.25, 0.3) is 5.91 Å². The highest BCUT2D eigenvalue weighted by Crippen LogP contribution is 2.33. The van der Waals surface area contributed by atoms with Crippen LogP contribution in [0.2, 0.25) is 0 Å². The van der Waals surface area contributed by atoms with E-state index in [0.29, 0.717) is 29.5 Å². The summed E-state index contributed by atoms with van der Waals surface area (Å²) in [4.78, 5) is 29.9. The van der Waals surface area contributed by atoms with Gasteiger partial charge in [0.1, 0.15) is 17.9 Å². The molecule has 0 aliphatic carbocycles. The molecule has 12 heteroatoms. The van der Waals surface area contributed by atoms with Gasteiger partial charge in [-0.05, 0) is 68.4 Å². The van der Waals surface area contributed by atoms with Crippen molar-refractivity contribution in [1.29, 1.82) is 0 Å². The van der Waals surface area contributed by atoms with E-state index in [4.69, 9.17) is 14.2 Å². The van der Waals surface area contributed by atoms with Crippen LogP contribution in [-0.2, 0) is 0 Å². The van der Waals surface area contributed by atoms with Crippen molar-refractivity contribution in [3.8, 4) is 23.1 Å². The fourth-order valence-corrected chi connectivity index (χ4v) is 5.96. The molecule has 258 valence electrons. The molecule has 0 radical (unpaired) electrons. The van der Waals surface area contributed by atoms with Crippen LogP contribution >= 0.6 is 0 Å². The molecule has 4 aromatic rings. The zero-order valence-electron chi connectivity index (χ0n) is 28.8. The van der Waals surface area contributed by atoms with Crippen LogP contribution in [0.3, 0.4) is 0 Å². The maximum atomic E-state index is 13.6. The van der Waals surface area contributed by atoms with Crippen LogP contribution in [0.5, 0.6) is 23.1 Å². The van der Waals surface area contributed by atoms with Crippen LogP contribution in [0.25, 0.3) is 0 Å². The zero-order valence-corrected chi connectivity index (χ0v) is 28.8. The zero-order chi connectivity index (χ0) is 34.2. The summed E-state index contributed by atoms with van der Waals surface area (Å²) in [5.74, 6) is 1.85. The van der Waals surface area contributed by atoms with E-state index in [1.54, 1.807) is 7.11 Å². The monoisotopic (exact) mass is 666 g/mol. The third-order valence-electron chi connectivity index (χ3n) is 8.93. The Morgan fingerprint density at radius 1 is 0.918 bits per heavy atom. The predicted molar refractivity (Wildman–Crippen MR) is 193 cm³/mol. The summed E-state index contributed by atoms with van der Waals surface area (Å²) in [6.07, 6.45) is 1.48. The van der Waals surface area contributed by atoms with E-state index in [9.17, 15) is 4.79 Å². The minimum absolute atomic E-state index is 0.131. The first-order valence-corrected chi connectivity index (χ1v) is 16.8. The fraction of sp³-hybridized carbons (Fsp3) is 0.378. The Kier molecular flexibility index (Phi) is 11.1. The molecule has 0 unspecified atom stereocenters. The molecule has 2 fully saturated rings. The number of amides is 1. The van der Waals surface area contributed by atoms with Crippen molar-refractivity contribution >= 4 is 28.9 Å². The Balaban J connectivity index is 1.19. The summed E-state index contributed by atoms with van der Waals surface area (Å²) in [7, 11) is 3.77. The van der Waals surface area contributed by atoms with Gasteiger partial charge in [0.2, 0.25) is 11.8 Å². The highest BCUT2D eigenvalue weighted by atomic mass is 16.5. The summed E-state index contributed by atoms with van der Waals surface area (Å²) in [5.41, 5.74) is 4.69. The van der Waals surface area contributed by atoms with Crippen LogP contribution in [0.1, 0.15) is 21.5 Å². The van der Waals surface area contributed by atoms with Crippen molar-refractivity contribution in [1.82, 2.24) is 25.1 Å². The van der Waals surface area contributed by atoms with Crippen LogP contribution < -0.4 is 35.1 Å². The van der Waals surface area contributed by atoms with Gasteiger partial charge in [-0.3, -0.25) is 9.69 Å². The van der Waals surface area contributed by atoms with Gasteiger partial charge in [0.05, 0.1) is 7.11 Å². The maximum absolute atomic E-state index is 13.6. The van der Waals surface area contributed by atoms with Gasteiger partial charge < -0.3 is 40.0 Å². The molecular formula is C37H46N8O4. The van der Waals surface area contributed by atoms with E-state index in [1.165, 1.54) is 6.20 Å². The number of para-hydroxylation sites is 1. The standard InChI is InChI=1S/C37H46N8O4/c1-26-6-5-7-27(2)34(26)41-35(46)31-25-39-37(42-36(31)49-30-11-9-29(10-12-30)45-16-14-38-15-17-45)40-28-8-13-32(33(24-28)47-4)48-23-22-44-20-18-43(3)19-21-44/h5-13,24-25,38H,14-23H2,1-4H3,(H,41,46)(H,39,40,42). The second kappa shape index (κ2) is 16.0. The lowest BCUT2D eigenvalue weighted by atomic mass is 10.1. The molecule has 0 spiro atoms. The minimum atomic E-state index is -0.365. The van der Waals surface area contributed by atoms with Crippen molar-refractivity contribution < 1.29 is 19.0 Å². The molecular weight excluding hydrogens is 620 g/mol. The molecule has 3 N–H and O–H groups in total. The van der Waals surface area contributed by atoms with Gasteiger partial charge in [-0.1, -0.05) is 18.2 Å². The Labute approximate surface area is 288 Å². The molecule has 0 saturated carbocycles. The van der Waals surface area contributed by atoms with E-state index in [1.807, 2.05) is 74.5 Å². The number of carbonyl (C=O) groups excluding carboxylic acids is 1. The number of hydrogen-bond donors (Lipinski definition) is 3. The highest BCUT2D eigenvalue weighted by molar-refractivity contribution is 6.06. The second-order valence-corrected chi connectivity index (χ2v) is 12.5. The topological polar surface area (TPSA) is 116 Å². The molecule has 49 heavy (non-hydrogen) atoms. The van der Waals surface area contributed by atoms with Crippen molar-refractivity contribution in [2.45, 2.75) is 13.8 Å². The Morgan fingerprint density at radius 3 is 2.37 bits per heavy atom. The van der Waals surface area contributed by atoms with Crippen molar-refractivity contribution in [3.05, 3.63) is 83.6 Å². The normalized spacial score (nSPS) is 15.5. The van der Waals surface area contributed by atoms with E-state index in [0.717, 1.165) is 81.4 Å². The van der Waals surface area contributed by atoms with Gasteiger partial charge in [-0.15, -0.1) is 0 Å². The van der Waals surface area contributed by atoms with Crippen molar-refractivity contribution in [2.24, 2.45) is 0 Å². The average Bonchev–Trinajstić information content (AvgIpc) is 3.12. The van der Waals surface area contributed by atoms with Gasteiger partial charge >= 0.3 is 0 Å². The van der Waals surface area contributed by atoms with Crippen LogP contribution in [-0.4, -0.2) is 105 Å². The van der Waals surface area contributed by atoms with Crippen LogP contribution in [0.4, 0.5) is 23.0 Å². The van der Waals surface area contributed by atoms with Crippen molar-refractivity contribution in [2.75, 3.05) is 95.2 Å². The van der Waals surface area contributed by atoms with Crippen LogP contribution in [0.15, 0.2) is 66.9 Å². The third kappa shape index (κ3) is 8.77. The second-order valence-electron chi connectivity index (χ2n) is 12.5. The Morgan fingerprint density at radius 2 is 1.65 bits per heavy atom. The Hall–Kier alpha value is -4.91. The lowest BCUT2D eigenvalue weighted by Crippen LogP contribution is -2.45. The first kappa shape index (κ1) is 34.0. The number of aryl methyl sites for hydroxylation is 2. The summed E-state index contributed by atoms with van der Waals surface area (Å²) in [5, 5.41) is 9.65. The average molecular weight is 667 g/mol. The fourth-order valence-electron chi connectivity index (χ4n) is 5.96. The molecule has 3 heterocycles. The SMILES string of the molecule is COc1cc(Nc2ncc(C(=O)Nc3c(C)cccc3C)c(Oc3ccc(N4CCNCC4)cc3)n2)ccc1OCCN1CCN(C)CC1. The van der Waals surface area contributed by atoms with E-state index < -0.39 is 0 Å². The number of aromatic nitrogens is 2. The summed E-state index contributed by atoms with van der Waals surface area (Å²) in [6, 6.07) is 19.3. The number of nitrogens with zero attached hydrogens (tertiary/aromatic N) is 5. The number of benzene rings is 3. The smallest absolute Gasteiger partial charge is 0.262 e. The number of nitrogens with one attached hydrogen (secondary N) is 3. The number of anilines is 4. The van der Waals surface area contributed by atoms with Crippen molar-refractivity contribution in [3.63, 3.8) is 0 Å². The molecule has 2 saturated heterocycles. The van der Waals surface area contributed by atoms with E-state index in [-0.39, 0.29) is 23.3 Å². The summed E-state index contributed by atoms with van der Waals surface area (Å²) in [6.45, 7) is 13.4. The highest BCUT2D eigenvalue weighted by Gasteiger charge is 2.20. The number of piperazine rings is 2.